The molecule has 0 aliphatic carbocycles. The fraction of sp³-hybridized carbons (Fsp3) is 0.250. The van der Waals surface area contributed by atoms with Crippen molar-refractivity contribution < 1.29 is 29.4 Å². The first-order chi connectivity index (χ1) is 12.0. The Labute approximate surface area is 142 Å². The second-order valence-corrected chi connectivity index (χ2v) is 5.08. The molecule has 2 rings (SSSR count). The number of benzene rings is 1. The van der Waals surface area contributed by atoms with Crippen molar-refractivity contribution in [3.05, 3.63) is 36.0 Å². The standard InChI is InChI=1S/C16H17N3O6/c1-2-25-16(23)13(15(21)22)18-14(20)12(19-24)7-9-8-17-11-6-4-3-5-10(9)11/h3-6,8,13,17,24H,2,7H2,1H3,(H,18,20)(H,21,22). The van der Waals surface area contributed by atoms with Crippen LogP contribution in [0.1, 0.15) is 12.5 Å². The maximum Gasteiger partial charge on any atom is 0.340 e. The number of fused-ring (bicyclic) bond motifs is 1. The van der Waals surface area contributed by atoms with Crippen LogP contribution < -0.4 is 5.32 Å². The van der Waals surface area contributed by atoms with Crippen LogP contribution in [0, 0.1) is 0 Å². The quantitative estimate of drug-likeness (QED) is 0.191. The van der Waals surface area contributed by atoms with Gasteiger partial charge in [-0.05, 0) is 18.6 Å². The molecule has 2 aromatic rings. The molecule has 0 aliphatic heterocycles. The van der Waals surface area contributed by atoms with E-state index in [0.717, 1.165) is 10.9 Å². The third-order valence-corrected chi connectivity index (χ3v) is 3.46. The number of nitrogens with zero attached hydrogens (tertiary/aromatic N) is 1. The number of para-hydroxylation sites is 1. The maximum atomic E-state index is 12.2. The summed E-state index contributed by atoms with van der Waals surface area (Å²) in [5.41, 5.74) is 1.19. The van der Waals surface area contributed by atoms with Gasteiger partial charge >= 0.3 is 11.9 Å². The number of carboxylic acid groups (broad SMARTS) is 1. The third-order valence-electron chi connectivity index (χ3n) is 3.46. The van der Waals surface area contributed by atoms with Crippen LogP contribution in [0.3, 0.4) is 0 Å². The van der Waals surface area contributed by atoms with Crippen LogP contribution in [-0.4, -0.2) is 51.5 Å². The molecule has 1 aromatic carbocycles. The van der Waals surface area contributed by atoms with Gasteiger partial charge in [0.1, 0.15) is 5.71 Å². The highest BCUT2D eigenvalue weighted by Crippen LogP contribution is 2.18. The van der Waals surface area contributed by atoms with Crippen LogP contribution in [0.2, 0.25) is 0 Å². The molecule has 25 heavy (non-hydrogen) atoms. The number of carbonyl (C=O) groups is 3. The Morgan fingerprint density at radius 3 is 2.68 bits per heavy atom. The van der Waals surface area contributed by atoms with E-state index in [-0.39, 0.29) is 18.7 Å². The fourth-order valence-corrected chi connectivity index (χ4v) is 2.28. The second kappa shape index (κ2) is 7.95. The number of rotatable bonds is 7. The van der Waals surface area contributed by atoms with E-state index in [1.807, 2.05) is 29.6 Å². The number of aliphatic carboxylic acids is 1. The molecule has 1 atom stereocenters. The molecular weight excluding hydrogens is 330 g/mol. The highest BCUT2D eigenvalue weighted by Gasteiger charge is 2.31. The largest absolute Gasteiger partial charge is 0.479 e. The van der Waals surface area contributed by atoms with E-state index in [9.17, 15) is 14.4 Å². The Morgan fingerprint density at radius 2 is 2.04 bits per heavy atom. The Bertz CT molecular complexity index is 826. The van der Waals surface area contributed by atoms with Gasteiger partial charge in [-0.2, -0.15) is 0 Å². The van der Waals surface area contributed by atoms with Gasteiger partial charge < -0.3 is 25.4 Å². The second-order valence-electron chi connectivity index (χ2n) is 5.08. The van der Waals surface area contributed by atoms with Gasteiger partial charge in [0, 0.05) is 23.5 Å². The molecule has 0 aliphatic rings. The predicted octanol–water partition coefficient (Wildman–Crippen LogP) is 0.673. The van der Waals surface area contributed by atoms with E-state index >= 15 is 0 Å². The SMILES string of the molecule is CCOC(=O)C(NC(=O)C(Cc1c[nH]c2ccccc12)=NO)C(=O)O. The fourth-order valence-electron chi connectivity index (χ4n) is 2.28. The molecule has 0 saturated carbocycles. The molecule has 1 heterocycles. The van der Waals surface area contributed by atoms with E-state index in [4.69, 9.17) is 10.3 Å². The monoisotopic (exact) mass is 347 g/mol. The molecule has 9 nitrogen and oxygen atoms in total. The zero-order valence-electron chi connectivity index (χ0n) is 13.4. The lowest BCUT2D eigenvalue weighted by atomic mass is 10.1. The van der Waals surface area contributed by atoms with E-state index < -0.39 is 23.9 Å². The minimum absolute atomic E-state index is 0.0330. The summed E-state index contributed by atoms with van der Waals surface area (Å²) in [5, 5.41) is 23.9. The van der Waals surface area contributed by atoms with Gasteiger partial charge in [0.25, 0.3) is 5.91 Å². The number of aromatic amines is 1. The molecule has 0 spiro atoms. The molecule has 132 valence electrons. The summed E-state index contributed by atoms with van der Waals surface area (Å²) >= 11 is 0. The topological polar surface area (TPSA) is 141 Å². The summed E-state index contributed by atoms with van der Waals surface area (Å²) in [7, 11) is 0. The van der Waals surface area contributed by atoms with Crippen molar-refractivity contribution >= 4 is 34.5 Å². The molecule has 0 radical (unpaired) electrons. The number of nitrogens with one attached hydrogen (secondary N) is 2. The van der Waals surface area contributed by atoms with Gasteiger partial charge in [-0.1, -0.05) is 23.4 Å². The zero-order valence-corrected chi connectivity index (χ0v) is 13.4. The number of aromatic nitrogens is 1. The number of oxime groups is 1. The molecule has 4 N–H and O–H groups in total. The van der Waals surface area contributed by atoms with Gasteiger partial charge in [0.05, 0.1) is 6.61 Å². The zero-order chi connectivity index (χ0) is 18.4. The minimum atomic E-state index is -1.88. The number of carboxylic acids is 1. The first kappa shape index (κ1) is 18.0. The first-order valence-corrected chi connectivity index (χ1v) is 7.44. The number of amides is 1. The number of hydrogen-bond donors (Lipinski definition) is 4. The lowest BCUT2D eigenvalue weighted by molar-refractivity contribution is -0.156. The van der Waals surface area contributed by atoms with Crippen molar-refractivity contribution in [1.29, 1.82) is 0 Å². The van der Waals surface area contributed by atoms with Crippen LogP contribution in [-0.2, 0) is 25.5 Å². The van der Waals surface area contributed by atoms with Crippen molar-refractivity contribution in [2.75, 3.05) is 6.61 Å². The molecule has 9 heteroatoms. The molecule has 0 fully saturated rings. The van der Waals surface area contributed by atoms with E-state index in [0.29, 0.717) is 5.56 Å². The minimum Gasteiger partial charge on any atom is -0.479 e. The summed E-state index contributed by atoms with van der Waals surface area (Å²) in [5.74, 6) is -3.66. The van der Waals surface area contributed by atoms with Crippen LogP contribution in [0.5, 0.6) is 0 Å². The lowest BCUT2D eigenvalue weighted by Gasteiger charge is -2.13. The summed E-state index contributed by atoms with van der Waals surface area (Å²) in [4.78, 5) is 37.9. The van der Waals surface area contributed by atoms with Crippen molar-refractivity contribution in [3.63, 3.8) is 0 Å². The van der Waals surface area contributed by atoms with E-state index in [2.05, 4.69) is 14.9 Å². The third kappa shape index (κ3) is 4.14. The van der Waals surface area contributed by atoms with Crippen molar-refractivity contribution in [3.8, 4) is 0 Å². The number of esters is 1. The lowest BCUT2D eigenvalue weighted by Crippen LogP contribution is -2.49. The molecule has 1 aromatic heterocycles. The number of H-pyrrole nitrogens is 1. The molecular formula is C16H17N3O6. The van der Waals surface area contributed by atoms with Crippen LogP contribution in [0.15, 0.2) is 35.6 Å². The molecule has 0 bridgehead atoms. The normalized spacial score (nSPS) is 12.6. The van der Waals surface area contributed by atoms with Crippen LogP contribution in [0.25, 0.3) is 10.9 Å². The highest BCUT2D eigenvalue weighted by atomic mass is 16.5. The van der Waals surface area contributed by atoms with Crippen molar-refractivity contribution in [2.45, 2.75) is 19.4 Å². The molecule has 1 amide bonds. The van der Waals surface area contributed by atoms with E-state index in [1.165, 1.54) is 6.92 Å². The smallest absolute Gasteiger partial charge is 0.340 e. The van der Waals surface area contributed by atoms with Crippen LogP contribution >= 0.6 is 0 Å². The number of hydrogen-bond acceptors (Lipinski definition) is 6. The van der Waals surface area contributed by atoms with Gasteiger partial charge in [-0.25, -0.2) is 9.59 Å². The summed E-state index contributed by atoms with van der Waals surface area (Å²) in [6, 6.07) is 5.44. The number of carbonyl (C=O) groups excluding carboxylic acids is 2. The Kier molecular flexibility index (Phi) is 5.72. The van der Waals surface area contributed by atoms with Gasteiger partial charge in [-0.3, -0.25) is 4.79 Å². The van der Waals surface area contributed by atoms with Gasteiger partial charge in [0.15, 0.2) is 0 Å². The average Bonchev–Trinajstić information content (AvgIpc) is 3.00. The van der Waals surface area contributed by atoms with Crippen molar-refractivity contribution in [1.82, 2.24) is 10.3 Å². The first-order valence-electron chi connectivity index (χ1n) is 7.44. The Balaban J connectivity index is 2.15. The van der Waals surface area contributed by atoms with E-state index in [1.54, 1.807) is 6.20 Å². The van der Waals surface area contributed by atoms with Crippen LogP contribution in [0.4, 0.5) is 0 Å². The Morgan fingerprint density at radius 1 is 1.32 bits per heavy atom. The van der Waals surface area contributed by atoms with Gasteiger partial charge in [0.2, 0.25) is 6.04 Å². The average molecular weight is 347 g/mol. The Hall–Kier alpha value is -3.36. The maximum absolute atomic E-state index is 12.2. The van der Waals surface area contributed by atoms with Gasteiger partial charge in [-0.15, -0.1) is 0 Å². The predicted molar refractivity (Wildman–Crippen MR) is 87.4 cm³/mol. The summed E-state index contributed by atoms with van der Waals surface area (Å²) in [6.45, 7) is 1.48. The molecule has 0 saturated heterocycles. The number of ether oxygens (including phenoxy) is 1. The summed E-state index contributed by atoms with van der Waals surface area (Å²) in [6.07, 6.45) is 1.60. The summed E-state index contributed by atoms with van der Waals surface area (Å²) < 4.78 is 4.60. The van der Waals surface area contributed by atoms with Crippen molar-refractivity contribution in [2.24, 2.45) is 5.16 Å². The molecule has 1 unspecified atom stereocenters. The highest BCUT2D eigenvalue weighted by molar-refractivity contribution is 6.40.